The predicted molar refractivity (Wildman–Crippen MR) is 214 cm³/mol. The molecule has 2 aliphatic carbocycles. The first-order valence-corrected chi connectivity index (χ1v) is 21.7. The molecule has 0 amide bonds. The molecule has 0 aromatic carbocycles. The van der Waals surface area contributed by atoms with Crippen molar-refractivity contribution in [3.63, 3.8) is 0 Å². The second-order valence-electron chi connectivity index (χ2n) is 16.2. The third-order valence-corrected chi connectivity index (χ3v) is 11.7. The highest BCUT2D eigenvalue weighted by molar-refractivity contribution is 5.09. The van der Waals surface area contributed by atoms with Crippen LogP contribution in [0.5, 0.6) is 0 Å². The number of nitrogens with zero attached hydrogens (tertiary/aromatic N) is 1. The van der Waals surface area contributed by atoms with Crippen LogP contribution >= 0.6 is 0 Å². The Morgan fingerprint density at radius 2 is 0.898 bits per heavy atom. The molecule has 1 aliphatic heterocycles. The number of hydrogen-bond donors (Lipinski definition) is 0. The van der Waals surface area contributed by atoms with E-state index < -0.39 is 0 Å². The van der Waals surface area contributed by atoms with E-state index in [1.165, 1.54) is 154 Å². The normalized spacial score (nSPS) is 24.7. The lowest BCUT2D eigenvalue weighted by molar-refractivity contribution is -0.196. The first kappa shape index (κ1) is 42.3. The van der Waals surface area contributed by atoms with Crippen LogP contribution in [0, 0.1) is 11.8 Å². The number of ether oxygens (including phenoxy) is 2. The van der Waals surface area contributed by atoms with Gasteiger partial charge >= 0.3 is 0 Å². The lowest BCUT2D eigenvalue weighted by Crippen LogP contribution is -2.43. The Morgan fingerprint density at radius 3 is 1.35 bits per heavy atom. The summed E-state index contributed by atoms with van der Waals surface area (Å²) in [5, 5.41) is 0. The van der Waals surface area contributed by atoms with Crippen LogP contribution < -0.4 is 0 Å². The molecule has 0 aromatic heterocycles. The van der Waals surface area contributed by atoms with E-state index in [0.717, 1.165) is 25.7 Å². The van der Waals surface area contributed by atoms with Crippen LogP contribution in [0.4, 0.5) is 0 Å². The summed E-state index contributed by atoms with van der Waals surface area (Å²) in [4.78, 5) is 2.45. The molecule has 2 saturated carbocycles. The first-order chi connectivity index (χ1) is 24.1. The molecule has 3 rings (SSSR count). The third-order valence-electron chi connectivity index (χ3n) is 11.7. The Kier molecular flexibility index (Phi) is 22.9. The Morgan fingerprint density at radius 1 is 0.490 bits per heavy atom. The minimum Gasteiger partial charge on any atom is -0.344 e. The van der Waals surface area contributed by atoms with Crippen LogP contribution in [0.3, 0.4) is 0 Å². The highest BCUT2D eigenvalue weighted by atomic mass is 16.8. The highest BCUT2D eigenvalue weighted by Crippen LogP contribution is 2.55. The molecule has 0 radical (unpaired) electrons. The second kappa shape index (κ2) is 26.6. The van der Waals surface area contributed by atoms with Gasteiger partial charge in [-0.3, -0.25) is 0 Å². The van der Waals surface area contributed by atoms with Gasteiger partial charge < -0.3 is 14.4 Å². The van der Waals surface area contributed by atoms with Gasteiger partial charge in [0.2, 0.25) is 0 Å². The highest BCUT2D eigenvalue weighted by Gasteiger charge is 2.62. The van der Waals surface area contributed by atoms with Crippen molar-refractivity contribution in [2.75, 3.05) is 14.1 Å². The zero-order chi connectivity index (χ0) is 34.8. The van der Waals surface area contributed by atoms with Crippen molar-refractivity contribution in [1.82, 2.24) is 4.90 Å². The van der Waals surface area contributed by atoms with Gasteiger partial charge in [-0.25, -0.2) is 0 Å². The lowest BCUT2D eigenvalue weighted by Gasteiger charge is -2.33. The van der Waals surface area contributed by atoms with Gasteiger partial charge in [-0.05, 0) is 110 Å². The molecule has 0 aromatic rings. The van der Waals surface area contributed by atoms with Crippen molar-refractivity contribution in [3.8, 4) is 0 Å². The summed E-state index contributed by atoms with van der Waals surface area (Å²) in [6, 6.07) is 0.675. The molecule has 5 atom stereocenters. The van der Waals surface area contributed by atoms with Crippen LogP contribution in [0.25, 0.3) is 0 Å². The molecule has 1 saturated heterocycles. The summed E-state index contributed by atoms with van der Waals surface area (Å²) in [6.45, 7) is 4.55. The van der Waals surface area contributed by atoms with E-state index in [-0.39, 0.29) is 5.79 Å². The number of fused-ring (bicyclic) bond motifs is 5. The van der Waals surface area contributed by atoms with Crippen LogP contribution in [-0.2, 0) is 9.47 Å². The van der Waals surface area contributed by atoms with Crippen molar-refractivity contribution in [1.29, 1.82) is 0 Å². The van der Waals surface area contributed by atoms with Gasteiger partial charge in [0.15, 0.2) is 5.79 Å². The average molecular weight is 680 g/mol. The van der Waals surface area contributed by atoms with Gasteiger partial charge in [0, 0.05) is 24.8 Å². The fraction of sp³-hybridized carbons (Fsp3) is 0.826. The van der Waals surface area contributed by atoms with Gasteiger partial charge in [0.1, 0.15) is 0 Å². The Bertz CT molecular complexity index is 870. The fourth-order valence-corrected chi connectivity index (χ4v) is 8.78. The smallest absolute Gasteiger partial charge is 0.169 e. The number of unbranched alkanes of at least 4 members (excludes halogenated alkanes) is 18. The van der Waals surface area contributed by atoms with E-state index in [4.69, 9.17) is 9.47 Å². The zero-order valence-corrected chi connectivity index (χ0v) is 33.1. The predicted octanol–water partition coefficient (Wildman–Crippen LogP) is 13.8. The van der Waals surface area contributed by atoms with Gasteiger partial charge in [-0.1, -0.05) is 140 Å². The van der Waals surface area contributed by atoms with E-state index in [0.29, 0.717) is 30.1 Å². The van der Waals surface area contributed by atoms with Gasteiger partial charge in [-0.15, -0.1) is 0 Å². The van der Waals surface area contributed by atoms with E-state index in [2.05, 4.69) is 81.5 Å². The standard InChI is InChI=1S/C46H81NO2/c1-5-7-9-11-13-15-17-19-21-23-25-27-29-31-33-35-37-46(48-44-41-39-42(45(44)49-46)43(40-41)47(3)4)38-36-34-32-30-28-26-24-22-20-18-16-14-12-10-8-6-2/h13-16,19-22,41-45H,5-12,17-18,23-40H2,1-4H3/b15-13-,16-14-,21-19-,22-20-/t41?,42?,43-,44-,45+/m1/s1. The molecule has 3 nitrogen and oxygen atoms in total. The third kappa shape index (κ3) is 16.8. The molecule has 0 spiro atoms. The summed E-state index contributed by atoms with van der Waals surface area (Å²) in [5.74, 6) is 1.06. The fourth-order valence-electron chi connectivity index (χ4n) is 8.78. The molecule has 3 fully saturated rings. The Hall–Kier alpha value is -1.16. The molecular weight excluding hydrogens is 599 g/mol. The van der Waals surface area contributed by atoms with Crippen molar-refractivity contribution in [2.24, 2.45) is 11.8 Å². The minimum atomic E-state index is -0.308. The molecule has 1 heterocycles. The maximum Gasteiger partial charge on any atom is 0.169 e. The number of rotatable bonds is 31. The summed E-state index contributed by atoms with van der Waals surface area (Å²) < 4.78 is 14.1. The Balaban J connectivity index is 1.27. The van der Waals surface area contributed by atoms with Gasteiger partial charge in [0.25, 0.3) is 0 Å². The van der Waals surface area contributed by atoms with E-state index in [1.54, 1.807) is 0 Å². The van der Waals surface area contributed by atoms with Crippen molar-refractivity contribution in [2.45, 2.75) is 218 Å². The lowest BCUT2D eigenvalue weighted by atomic mass is 9.90. The average Bonchev–Trinajstić information content (AvgIpc) is 3.79. The molecular formula is C46H81NO2. The van der Waals surface area contributed by atoms with Crippen molar-refractivity contribution >= 4 is 0 Å². The quantitative estimate of drug-likeness (QED) is 0.0538. The SMILES string of the molecule is CCCCC/C=C\C/C=C\CCCCCCCCC1(CCCCCCCC/C=C\C/C=C\CCCCC)O[C@@H]2C3CC([C@H](N(C)C)C3)[C@@H]2O1. The zero-order valence-electron chi connectivity index (χ0n) is 33.1. The number of allylic oxidation sites excluding steroid dienone is 8. The minimum absolute atomic E-state index is 0.308. The first-order valence-electron chi connectivity index (χ1n) is 21.7. The molecule has 3 aliphatic rings. The summed E-state index contributed by atoms with van der Waals surface area (Å²) >= 11 is 0. The van der Waals surface area contributed by atoms with Crippen molar-refractivity contribution in [3.05, 3.63) is 48.6 Å². The van der Waals surface area contributed by atoms with E-state index in [1.807, 2.05) is 0 Å². The summed E-state index contributed by atoms with van der Waals surface area (Å²) in [7, 11) is 4.52. The van der Waals surface area contributed by atoms with Gasteiger partial charge in [-0.2, -0.15) is 0 Å². The van der Waals surface area contributed by atoms with E-state index in [9.17, 15) is 0 Å². The van der Waals surface area contributed by atoms with Crippen LogP contribution in [0.1, 0.15) is 194 Å². The summed E-state index contributed by atoms with van der Waals surface area (Å²) in [5.41, 5.74) is 0. The largest absolute Gasteiger partial charge is 0.344 e. The van der Waals surface area contributed by atoms with Crippen molar-refractivity contribution < 1.29 is 9.47 Å². The van der Waals surface area contributed by atoms with Crippen LogP contribution in [0.2, 0.25) is 0 Å². The Labute approximate surface area is 305 Å². The molecule has 2 unspecified atom stereocenters. The molecule has 49 heavy (non-hydrogen) atoms. The second-order valence-corrected chi connectivity index (χ2v) is 16.2. The maximum absolute atomic E-state index is 7.06. The topological polar surface area (TPSA) is 21.7 Å². The maximum atomic E-state index is 7.06. The molecule has 0 N–H and O–H groups in total. The van der Waals surface area contributed by atoms with Gasteiger partial charge in [0.05, 0.1) is 12.2 Å². The number of hydrogen-bond acceptors (Lipinski definition) is 3. The van der Waals surface area contributed by atoms with E-state index >= 15 is 0 Å². The molecule has 3 heteroatoms. The summed E-state index contributed by atoms with van der Waals surface area (Å²) in [6.07, 6.45) is 55.6. The van der Waals surface area contributed by atoms with Crippen LogP contribution in [0.15, 0.2) is 48.6 Å². The molecule has 282 valence electrons. The molecule has 2 bridgehead atoms. The monoisotopic (exact) mass is 680 g/mol. The van der Waals surface area contributed by atoms with Crippen LogP contribution in [-0.4, -0.2) is 43.0 Å².